The van der Waals surface area contributed by atoms with Crippen LogP contribution in [0.4, 0.5) is 0 Å². The Bertz CT molecular complexity index is 1040. The number of likely N-dealkylation sites (tertiary alicyclic amines) is 1. The molecule has 1 heterocycles. The summed E-state index contributed by atoms with van der Waals surface area (Å²) in [6.45, 7) is 8.69. The standard InChI is InChI=1S/C29H35NO3/c1-4-5-6-8-21(2)23-12-14-26(15-13-23)33-28-10-7-9-24-17-22(11-16-27(24)28)18-30-19-25(20-30)29(31)32-3/h4-11,16-17,23,25-26H,2,12-15,18-20H2,1,3H3/b5-4-,8-6-/t23-,26-. The van der Waals surface area contributed by atoms with Crippen LogP contribution in [0.5, 0.6) is 5.75 Å². The van der Waals surface area contributed by atoms with Gasteiger partial charge in [0, 0.05) is 25.0 Å². The Morgan fingerprint density at radius 3 is 2.61 bits per heavy atom. The number of nitrogens with zero attached hydrogens (tertiary/aromatic N) is 1. The third-order valence-corrected chi connectivity index (χ3v) is 6.91. The van der Waals surface area contributed by atoms with E-state index in [0.29, 0.717) is 5.92 Å². The third kappa shape index (κ3) is 5.75. The van der Waals surface area contributed by atoms with Gasteiger partial charge in [-0.15, -0.1) is 0 Å². The molecule has 0 radical (unpaired) electrons. The molecule has 2 fully saturated rings. The molecule has 0 atom stereocenters. The van der Waals surface area contributed by atoms with Crippen molar-refractivity contribution in [3.05, 3.63) is 78.4 Å². The van der Waals surface area contributed by atoms with Crippen molar-refractivity contribution >= 4 is 16.7 Å². The van der Waals surface area contributed by atoms with Crippen LogP contribution in [-0.4, -0.2) is 37.2 Å². The second-order valence-corrected chi connectivity index (χ2v) is 9.28. The fourth-order valence-corrected chi connectivity index (χ4v) is 4.93. The number of ether oxygens (including phenoxy) is 2. The van der Waals surface area contributed by atoms with Crippen LogP contribution in [0.2, 0.25) is 0 Å². The highest BCUT2D eigenvalue weighted by Crippen LogP contribution is 2.34. The molecule has 0 bridgehead atoms. The van der Waals surface area contributed by atoms with Gasteiger partial charge in [0.2, 0.25) is 0 Å². The van der Waals surface area contributed by atoms with Crippen molar-refractivity contribution in [2.45, 2.75) is 45.3 Å². The highest BCUT2D eigenvalue weighted by molar-refractivity contribution is 5.88. The van der Waals surface area contributed by atoms with Crippen molar-refractivity contribution in [3.8, 4) is 5.75 Å². The van der Waals surface area contributed by atoms with Gasteiger partial charge in [-0.05, 0) is 61.6 Å². The van der Waals surface area contributed by atoms with Crippen molar-refractivity contribution in [2.24, 2.45) is 11.8 Å². The second-order valence-electron chi connectivity index (χ2n) is 9.28. The number of rotatable bonds is 8. The van der Waals surface area contributed by atoms with Crippen molar-refractivity contribution in [1.29, 1.82) is 0 Å². The number of esters is 1. The Balaban J connectivity index is 1.34. The first kappa shape index (κ1) is 23.3. The van der Waals surface area contributed by atoms with Crippen LogP contribution in [-0.2, 0) is 16.1 Å². The zero-order valence-electron chi connectivity index (χ0n) is 19.8. The van der Waals surface area contributed by atoms with Crippen molar-refractivity contribution in [3.63, 3.8) is 0 Å². The number of carbonyl (C=O) groups is 1. The van der Waals surface area contributed by atoms with E-state index < -0.39 is 0 Å². The van der Waals surface area contributed by atoms with Crippen LogP contribution in [0.3, 0.4) is 0 Å². The van der Waals surface area contributed by atoms with E-state index in [1.54, 1.807) is 0 Å². The lowest BCUT2D eigenvalue weighted by Crippen LogP contribution is -2.49. The van der Waals surface area contributed by atoms with Gasteiger partial charge in [-0.25, -0.2) is 0 Å². The predicted molar refractivity (Wildman–Crippen MR) is 134 cm³/mol. The average molecular weight is 446 g/mol. The quantitative estimate of drug-likeness (QED) is 0.365. The molecule has 174 valence electrons. The molecule has 1 aliphatic carbocycles. The van der Waals surface area contributed by atoms with Crippen molar-refractivity contribution in [2.75, 3.05) is 20.2 Å². The maximum absolute atomic E-state index is 11.6. The Hall–Kier alpha value is -2.85. The van der Waals surface area contributed by atoms with E-state index in [4.69, 9.17) is 9.47 Å². The summed E-state index contributed by atoms with van der Waals surface area (Å²) in [5.74, 6) is 1.45. The van der Waals surface area contributed by atoms with Crippen molar-refractivity contribution in [1.82, 2.24) is 4.90 Å². The lowest BCUT2D eigenvalue weighted by Gasteiger charge is -2.37. The first-order valence-corrected chi connectivity index (χ1v) is 12.0. The average Bonchev–Trinajstić information content (AvgIpc) is 2.81. The minimum absolute atomic E-state index is 0.0203. The summed E-state index contributed by atoms with van der Waals surface area (Å²) >= 11 is 0. The molecule has 0 spiro atoms. The summed E-state index contributed by atoms with van der Waals surface area (Å²) in [5, 5.41) is 2.37. The maximum Gasteiger partial charge on any atom is 0.311 e. The number of benzene rings is 2. The maximum atomic E-state index is 11.6. The van der Waals surface area contributed by atoms with E-state index in [1.807, 2.05) is 13.0 Å². The number of methoxy groups -OCH3 is 1. The van der Waals surface area contributed by atoms with Crippen LogP contribution >= 0.6 is 0 Å². The highest BCUT2D eigenvalue weighted by Gasteiger charge is 2.33. The normalized spacial score (nSPS) is 22.0. The Morgan fingerprint density at radius 1 is 1.09 bits per heavy atom. The largest absolute Gasteiger partial charge is 0.490 e. The molecule has 0 unspecified atom stereocenters. The monoisotopic (exact) mass is 445 g/mol. The molecule has 4 rings (SSSR count). The first-order valence-electron chi connectivity index (χ1n) is 12.0. The number of allylic oxidation sites excluding steroid dienone is 5. The molecular weight excluding hydrogens is 410 g/mol. The van der Waals surface area contributed by atoms with Crippen LogP contribution in [0.15, 0.2) is 72.9 Å². The van der Waals surface area contributed by atoms with Gasteiger partial charge >= 0.3 is 5.97 Å². The molecule has 2 aromatic rings. The van der Waals surface area contributed by atoms with E-state index in [2.05, 4.69) is 66.1 Å². The van der Waals surface area contributed by atoms with E-state index in [1.165, 1.54) is 23.6 Å². The van der Waals surface area contributed by atoms with E-state index in [0.717, 1.165) is 56.5 Å². The molecule has 1 aliphatic heterocycles. The van der Waals surface area contributed by atoms with Gasteiger partial charge in [-0.1, -0.05) is 60.7 Å². The zero-order chi connectivity index (χ0) is 23.2. The molecule has 2 aliphatic rings. The van der Waals surface area contributed by atoms with Gasteiger partial charge in [0.25, 0.3) is 0 Å². The number of fused-ring (bicyclic) bond motifs is 1. The number of hydrogen-bond acceptors (Lipinski definition) is 4. The number of carbonyl (C=O) groups excluding carboxylic acids is 1. The van der Waals surface area contributed by atoms with Gasteiger partial charge < -0.3 is 9.47 Å². The minimum atomic E-state index is -0.102. The lowest BCUT2D eigenvalue weighted by molar-refractivity contribution is -0.151. The van der Waals surface area contributed by atoms with Crippen LogP contribution in [0, 0.1) is 11.8 Å². The fraction of sp³-hybridized carbons (Fsp3) is 0.414. The van der Waals surface area contributed by atoms with Crippen LogP contribution < -0.4 is 4.74 Å². The van der Waals surface area contributed by atoms with Gasteiger partial charge in [0.05, 0.1) is 19.1 Å². The predicted octanol–water partition coefficient (Wildman–Crippen LogP) is 6.07. The Labute approximate surface area is 197 Å². The number of hydrogen-bond donors (Lipinski definition) is 0. The molecular formula is C29H35NO3. The van der Waals surface area contributed by atoms with Gasteiger partial charge in [0.15, 0.2) is 0 Å². The molecule has 0 amide bonds. The molecule has 4 nitrogen and oxygen atoms in total. The zero-order valence-corrected chi connectivity index (χ0v) is 19.8. The van der Waals surface area contributed by atoms with Crippen molar-refractivity contribution < 1.29 is 14.3 Å². The Kier molecular flexibility index (Phi) is 7.66. The molecule has 1 saturated carbocycles. The molecule has 33 heavy (non-hydrogen) atoms. The summed E-state index contributed by atoms with van der Waals surface area (Å²) in [5.41, 5.74) is 2.48. The second kappa shape index (κ2) is 10.8. The van der Waals surface area contributed by atoms with E-state index >= 15 is 0 Å². The molecule has 0 aromatic heterocycles. The fourth-order valence-electron chi connectivity index (χ4n) is 4.93. The van der Waals surface area contributed by atoms with Crippen LogP contribution in [0.25, 0.3) is 10.8 Å². The summed E-state index contributed by atoms with van der Waals surface area (Å²) in [6.07, 6.45) is 12.9. The van der Waals surface area contributed by atoms with Gasteiger partial charge in [-0.2, -0.15) is 0 Å². The molecule has 0 N–H and O–H groups in total. The van der Waals surface area contributed by atoms with Gasteiger partial charge in [0.1, 0.15) is 5.75 Å². The Morgan fingerprint density at radius 2 is 1.88 bits per heavy atom. The topological polar surface area (TPSA) is 38.8 Å². The smallest absolute Gasteiger partial charge is 0.311 e. The van der Waals surface area contributed by atoms with E-state index in [-0.39, 0.29) is 18.0 Å². The lowest BCUT2D eigenvalue weighted by atomic mass is 9.83. The highest BCUT2D eigenvalue weighted by atomic mass is 16.5. The summed E-state index contributed by atoms with van der Waals surface area (Å²) < 4.78 is 11.3. The summed E-state index contributed by atoms with van der Waals surface area (Å²) in [6, 6.07) is 12.9. The molecule has 2 aromatic carbocycles. The van der Waals surface area contributed by atoms with Gasteiger partial charge in [-0.3, -0.25) is 9.69 Å². The summed E-state index contributed by atoms with van der Waals surface area (Å²) in [4.78, 5) is 13.9. The third-order valence-electron chi connectivity index (χ3n) is 6.91. The SMILES string of the molecule is C=C(/C=C\C=C/C)[C@H]1CC[C@H](Oc2cccc3cc(CN4CC(C(=O)OC)C4)ccc23)CC1. The minimum Gasteiger partial charge on any atom is -0.490 e. The first-order chi connectivity index (χ1) is 16.1. The molecule has 4 heteroatoms. The molecule has 1 saturated heterocycles. The van der Waals surface area contributed by atoms with Crippen LogP contribution in [0.1, 0.15) is 38.2 Å². The summed E-state index contributed by atoms with van der Waals surface area (Å²) in [7, 11) is 1.46. The van der Waals surface area contributed by atoms with E-state index in [9.17, 15) is 4.79 Å².